The summed E-state index contributed by atoms with van der Waals surface area (Å²) in [4.78, 5) is 0. The maximum atomic E-state index is 13.7. The smallest absolute Gasteiger partial charge is 0.128 e. The van der Waals surface area contributed by atoms with Gasteiger partial charge in [0.2, 0.25) is 0 Å². The predicted octanol–water partition coefficient (Wildman–Crippen LogP) is 2.97. The second-order valence-corrected chi connectivity index (χ2v) is 4.79. The Morgan fingerprint density at radius 2 is 2.14 bits per heavy atom. The molecule has 0 atom stereocenters. The summed E-state index contributed by atoms with van der Waals surface area (Å²) in [6, 6.07) is 5.11. The maximum Gasteiger partial charge on any atom is 0.128 e. The first-order chi connectivity index (χ1) is 6.69. The number of rotatable bonds is 2. The molecule has 76 valence electrons. The van der Waals surface area contributed by atoms with Crippen molar-refractivity contribution < 1.29 is 4.39 Å². The highest BCUT2D eigenvalue weighted by Gasteiger charge is 2.40. The monoisotopic (exact) mass is 257 g/mol. The van der Waals surface area contributed by atoms with E-state index in [4.69, 9.17) is 5.73 Å². The van der Waals surface area contributed by atoms with Crippen LogP contribution >= 0.6 is 15.9 Å². The molecule has 2 rings (SSSR count). The van der Waals surface area contributed by atoms with E-state index in [-0.39, 0.29) is 11.2 Å². The highest BCUT2D eigenvalue weighted by molar-refractivity contribution is 9.10. The Morgan fingerprint density at radius 1 is 1.43 bits per heavy atom. The first-order valence-electron chi connectivity index (χ1n) is 4.84. The van der Waals surface area contributed by atoms with E-state index >= 15 is 0 Å². The zero-order valence-electron chi connectivity index (χ0n) is 7.89. The molecule has 1 nitrogen and oxygen atoms in total. The summed E-state index contributed by atoms with van der Waals surface area (Å²) in [6.45, 7) is 0.534. The van der Waals surface area contributed by atoms with Gasteiger partial charge in [-0.25, -0.2) is 4.39 Å². The zero-order chi connectivity index (χ0) is 10.2. The molecule has 1 saturated carbocycles. The van der Waals surface area contributed by atoms with Gasteiger partial charge in [0, 0.05) is 22.0 Å². The van der Waals surface area contributed by atoms with Crippen LogP contribution in [0.5, 0.6) is 0 Å². The molecule has 1 aliphatic carbocycles. The zero-order valence-corrected chi connectivity index (χ0v) is 9.48. The fourth-order valence-corrected chi connectivity index (χ4v) is 2.93. The molecule has 0 saturated heterocycles. The van der Waals surface area contributed by atoms with Gasteiger partial charge >= 0.3 is 0 Å². The Kier molecular flexibility index (Phi) is 2.62. The topological polar surface area (TPSA) is 26.0 Å². The van der Waals surface area contributed by atoms with Crippen LogP contribution in [-0.4, -0.2) is 6.54 Å². The van der Waals surface area contributed by atoms with Crippen molar-refractivity contribution in [1.82, 2.24) is 0 Å². The minimum Gasteiger partial charge on any atom is -0.330 e. The van der Waals surface area contributed by atoms with Crippen LogP contribution in [0.2, 0.25) is 0 Å². The maximum absolute atomic E-state index is 13.7. The third-order valence-corrected chi connectivity index (χ3v) is 3.86. The SMILES string of the molecule is NCC1(c2c(F)cccc2Br)CCC1. The molecule has 0 amide bonds. The van der Waals surface area contributed by atoms with E-state index < -0.39 is 0 Å². The van der Waals surface area contributed by atoms with Crippen molar-refractivity contribution in [2.75, 3.05) is 6.54 Å². The van der Waals surface area contributed by atoms with E-state index in [1.807, 2.05) is 6.07 Å². The van der Waals surface area contributed by atoms with Gasteiger partial charge in [-0.1, -0.05) is 28.4 Å². The number of halogens is 2. The van der Waals surface area contributed by atoms with Crippen molar-refractivity contribution in [2.45, 2.75) is 24.7 Å². The van der Waals surface area contributed by atoms with E-state index in [1.165, 1.54) is 6.07 Å². The Morgan fingerprint density at radius 3 is 2.57 bits per heavy atom. The number of hydrogen-bond acceptors (Lipinski definition) is 1. The van der Waals surface area contributed by atoms with E-state index in [0.29, 0.717) is 6.54 Å². The summed E-state index contributed by atoms with van der Waals surface area (Å²) in [5.74, 6) is -0.135. The van der Waals surface area contributed by atoms with Crippen molar-refractivity contribution in [3.63, 3.8) is 0 Å². The Labute approximate surface area is 91.6 Å². The van der Waals surface area contributed by atoms with Crippen molar-refractivity contribution in [3.8, 4) is 0 Å². The van der Waals surface area contributed by atoms with Crippen LogP contribution in [0.4, 0.5) is 4.39 Å². The predicted molar refractivity (Wildman–Crippen MR) is 58.7 cm³/mol. The molecule has 0 unspecified atom stereocenters. The summed E-state index contributed by atoms with van der Waals surface area (Å²) in [6.07, 6.45) is 3.16. The van der Waals surface area contributed by atoms with Crippen LogP contribution < -0.4 is 5.73 Å². The number of hydrogen-bond donors (Lipinski definition) is 1. The van der Waals surface area contributed by atoms with Crippen LogP contribution in [0.25, 0.3) is 0 Å². The van der Waals surface area contributed by atoms with Crippen LogP contribution in [-0.2, 0) is 5.41 Å². The number of benzene rings is 1. The van der Waals surface area contributed by atoms with Crippen molar-refractivity contribution in [3.05, 3.63) is 34.1 Å². The molecule has 0 bridgehead atoms. The standard InChI is InChI=1S/C11H13BrFN/c12-8-3-1-4-9(13)10(8)11(7-14)5-2-6-11/h1,3-4H,2,5-7,14H2. The van der Waals surface area contributed by atoms with Gasteiger partial charge in [-0.15, -0.1) is 0 Å². The normalized spacial score (nSPS) is 19.1. The second-order valence-electron chi connectivity index (χ2n) is 3.93. The van der Waals surface area contributed by atoms with Crippen LogP contribution in [0, 0.1) is 5.82 Å². The van der Waals surface area contributed by atoms with Gasteiger partial charge in [0.15, 0.2) is 0 Å². The Bertz CT molecular complexity index is 321. The van der Waals surface area contributed by atoms with E-state index in [0.717, 1.165) is 29.3 Å². The van der Waals surface area contributed by atoms with E-state index in [2.05, 4.69) is 15.9 Å². The lowest BCUT2D eigenvalue weighted by molar-refractivity contribution is 0.243. The third-order valence-electron chi connectivity index (χ3n) is 3.19. The van der Waals surface area contributed by atoms with E-state index in [1.54, 1.807) is 6.07 Å². The second kappa shape index (κ2) is 3.63. The molecule has 0 aromatic heterocycles. The van der Waals surface area contributed by atoms with Gasteiger partial charge in [0.05, 0.1) is 0 Å². The third kappa shape index (κ3) is 1.39. The molecule has 1 aliphatic rings. The number of nitrogens with two attached hydrogens (primary N) is 1. The Balaban J connectivity index is 2.49. The first kappa shape index (κ1) is 10.1. The molecule has 0 heterocycles. The average Bonchev–Trinajstić information content (AvgIpc) is 2.08. The van der Waals surface area contributed by atoms with Crippen molar-refractivity contribution in [1.29, 1.82) is 0 Å². The van der Waals surface area contributed by atoms with Crippen molar-refractivity contribution >= 4 is 15.9 Å². The minimum absolute atomic E-state index is 0.107. The lowest BCUT2D eigenvalue weighted by atomic mass is 9.64. The average molecular weight is 258 g/mol. The van der Waals surface area contributed by atoms with Gasteiger partial charge in [-0.3, -0.25) is 0 Å². The molecule has 1 aromatic carbocycles. The quantitative estimate of drug-likeness (QED) is 0.867. The van der Waals surface area contributed by atoms with Gasteiger partial charge in [-0.05, 0) is 25.0 Å². The van der Waals surface area contributed by atoms with Gasteiger partial charge < -0.3 is 5.73 Å². The summed E-state index contributed by atoms with van der Waals surface area (Å²) in [5.41, 5.74) is 6.42. The molecule has 0 radical (unpaired) electrons. The fourth-order valence-electron chi connectivity index (χ4n) is 2.16. The minimum atomic E-state index is -0.135. The Hall–Kier alpha value is -0.410. The fraction of sp³-hybridized carbons (Fsp3) is 0.455. The van der Waals surface area contributed by atoms with E-state index in [9.17, 15) is 4.39 Å². The highest BCUT2D eigenvalue weighted by Crippen LogP contribution is 2.46. The summed E-state index contributed by atoms with van der Waals surface area (Å²) in [5, 5.41) is 0. The molecule has 1 fully saturated rings. The molecular weight excluding hydrogens is 245 g/mol. The van der Waals surface area contributed by atoms with Gasteiger partial charge in [0.1, 0.15) is 5.82 Å². The molecule has 0 aliphatic heterocycles. The van der Waals surface area contributed by atoms with Crippen molar-refractivity contribution in [2.24, 2.45) is 5.73 Å². The highest BCUT2D eigenvalue weighted by atomic mass is 79.9. The van der Waals surface area contributed by atoms with Gasteiger partial charge in [0.25, 0.3) is 0 Å². The molecule has 14 heavy (non-hydrogen) atoms. The molecule has 1 aromatic rings. The lowest BCUT2D eigenvalue weighted by Crippen LogP contribution is -2.42. The summed E-state index contributed by atoms with van der Waals surface area (Å²) >= 11 is 3.40. The summed E-state index contributed by atoms with van der Waals surface area (Å²) < 4.78 is 14.5. The largest absolute Gasteiger partial charge is 0.330 e. The van der Waals surface area contributed by atoms with Crippen LogP contribution in [0.1, 0.15) is 24.8 Å². The molecular formula is C11H13BrFN. The van der Waals surface area contributed by atoms with Crippen LogP contribution in [0.3, 0.4) is 0 Å². The molecule has 0 spiro atoms. The summed E-state index contributed by atoms with van der Waals surface area (Å²) in [7, 11) is 0. The molecule has 3 heteroatoms. The lowest BCUT2D eigenvalue weighted by Gasteiger charge is -2.42. The van der Waals surface area contributed by atoms with Crippen LogP contribution in [0.15, 0.2) is 22.7 Å². The first-order valence-corrected chi connectivity index (χ1v) is 5.63. The van der Waals surface area contributed by atoms with Gasteiger partial charge in [-0.2, -0.15) is 0 Å². The molecule has 2 N–H and O–H groups in total.